The van der Waals surface area contributed by atoms with E-state index in [2.05, 4.69) is 27.6 Å². The second-order valence-corrected chi connectivity index (χ2v) is 8.13. The SMILES string of the molecule is CCS(=O)(=O)c1ccccc1-c1cn2cc(I)ccc2n1. The first-order chi connectivity index (χ1) is 10.0. The van der Waals surface area contributed by atoms with Gasteiger partial charge < -0.3 is 4.40 Å². The lowest BCUT2D eigenvalue weighted by Gasteiger charge is -2.06. The van der Waals surface area contributed by atoms with Gasteiger partial charge >= 0.3 is 0 Å². The third-order valence-corrected chi connectivity index (χ3v) is 5.72. The molecule has 0 aliphatic heterocycles. The lowest BCUT2D eigenvalue weighted by molar-refractivity contribution is 0.597. The van der Waals surface area contributed by atoms with Crippen molar-refractivity contribution in [1.29, 1.82) is 0 Å². The topological polar surface area (TPSA) is 51.4 Å². The first kappa shape index (κ1) is 14.5. The number of hydrogen-bond acceptors (Lipinski definition) is 3. The molecule has 108 valence electrons. The van der Waals surface area contributed by atoms with Crippen molar-refractivity contribution in [2.24, 2.45) is 0 Å². The number of imidazole rings is 1. The van der Waals surface area contributed by atoms with Crippen molar-refractivity contribution in [1.82, 2.24) is 9.38 Å². The van der Waals surface area contributed by atoms with Crippen LogP contribution in [0.15, 0.2) is 53.7 Å². The van der Waals surface area contributed by atoms with Crippen molar-refractivity contribution >= 4 is 38.1 Å². The lowest BCUT2D eigenvalue weighted by Crippen LogP contribution is -2.05. The molecule has 0 spiro atoms. The third-order valence-electron chi connectivity index (χ3n) is 3.29. The van der Waals surface area contributed by atoms with Gasteiger partial charge in [-0.1, -0.05) is 25.1 Å². The van der Waals surface area contributed by atoms with Crippen molar-refractivity contribution in [3.8, 4) is 11.3 Å². The van der Waals surface area contributed by atoms with Crippen LogP contribution in [-0.2, 0) is 9.84 Å². The molecule has 0 atom stereocenters. The van der Waals surface area contributed by atoms with E-state index in [4.69, 9.17) is 0 Å². The summed E-state index contributed by atoms with van der Waals surface area (Å²) in [6, 6.07) is 10.9. The normalized spacial score (nSPS) is 11.9. The summed E-state index contributed by atoms with van der Waals surface area (Å²) in [5, 5.41) is 0. The minimum Gasteiger partial charge on any atom is -0.305 e. The van der Waals surface area contributed by atoms with E-state index in [-0.39, 0.29) is 5.75 Å². The monoisotopic (exact) mass is 412 g/mol. The molecule has 0 aliphatic carbocycles. The van der Waals surface area contributed by atoms with E-state index in [1.807, 2.05) is 35.0 Å². The molecule has 2 heterocycles. The van der Waals surface area contributed by atoms with Crippen LogP contribution in [0.1, 0.15) is 6.92 Å². The average Bonchev–Trinajstić information content (AvgIpc) is 2.90. The Kier molecular flexibility index (Phi) is 3.75. The number of nitrogens with zero attached hydrogens (tertiary/aromatic N) is 2. The van der Waals surface area contributed by atoms with Crippen molar-refractivity contribution in [3.05, 3.63) is 52.4 Å². The molecule has 1 aromatic carbocycles. The van der Waals surface area contributed by atoms with E-state index in [0.717, 1.165) is 9.22 Å². The molecule has 0 fully saturated rings. The largest absolute Gasteiger partial charge is 0.305 e. The molecule has 0 aliphatic rings. The maximum Gasteiger partial charge on any atom is 0.178 e. The van der Waals surface area contributed by atoms with Gasteiger partial charge in [-0.3, -0.25) is 0 Å². The van der Waals surface area contributed by atoms with Gasteiger partial charge in [0.05, 0.1) is 16.3 Å². The second-order valence-electron chi connectivity index (χ2n) is 4.64. The molecule has 4 nitrogen and oxygen atoms in total. The summed E-state index contributed by atoms with van der Waals surface area (Å²) in [6.07, 6.45) is 3.82. The lowest BCUT2D eigenvalue weighted by atomic mass is 10.2. The Labute approximate surface area is 136 Å². The predicted octanol–water partition coefficient (Wildman–Crippen LogP) is 3.40. The predicted molar refractivity (Wildman–Crippen MR) is 91.1 cm³/mol. The zero-order valence-electron chi connectivity index (χ0n) is 11.3. The fraction of sp³-hybridized carbons (Fsp3) is 0.133. The summed E-state index contributed by atoms with van der Waals surface area (Å²) in [5.41, 5.74) is 2.12. The summed E-state index contributed by atoms with van der Waals surface area (Å²) in [6.45, 7) is 1.65. The smallest absolute Gasteiger partial charge is 0.178 e. The van der Waals surface area contributed by atoms with Crippen LogP contribution in [0.3, 0.4) is 0 Å². The van der Waals surface area contributed by atoms with Gasteiger partial charge in [-0.05, 0) is 40.8 Å². The van der Waals surface area contributed by atoms with Gasteiger partial charge in [-0.2, -0.15) is 0 Å². The highest BCUT2D eigenvalue weighted by atomic mass is 127. The molecule has 3 aromatic rings. The Balaban J connectivity index is 2.24. The number of halogens is 1. The van der Waals surface area contributed by atoms with Crippen molar-refractivity contribution < 1.29 is 8.42 Å². The first-order valence-corrected chi connectivity index (χ1v) is 9.21. The summed E-state index contributed by atoms with van der Waals surface area (Å²) in [4.78, 5) is 4.87. The standard InChI is InChI=1S/C15H13IN2O2S/c1-2-21(19,20)14-6-4-3-5-12(14)13-10-18-9-11(16)7-8-15(18)17-13/h3-10H,2H2,1H3. The van der Waals surface area contributed by atoms with Crippen LogP contribution in [0.25, 0.3) is 16.9 Å². The maximum atomic E-state index is 12.2. The highest BCUT2D eigenvalue weighted by Crippen LogP contribution is 2.27. The summed E-state index contributed by atoms with van der Waals surface area (Å²) >= 11 is 2.23. The van der Waals surface area contributed by atoms with E-state index in [9.17, 15) is 8.42 Å². The Hall–Kier alpha value is -1.41. The van der Waals surface area contributed by atoms with E-state index in [1.54, 1.807) is 25.1 Å². The van der Waals surface area contributed by atoms with Gasteiger partial charge in [-0.25, -0.2) is 13.4 Å². The quantitative estimate of drug-likeness (QED) is 0.620. The molecule has 3 rings (SSSR count). The summed E-state index contributed by atoms with van der Waals surface area (Å²) < 4.78 is 27.5. The van der Waals surface area contributed by atoms with Crippen LogP contribution in [0.5, 0.6) is 0 Å². The average molecular weight is 412 g/mol. The summed E-state index contributed by atoms with van der Waals surface area (Å²) in [5.74, 6) is 0.0787. The molecule has 0 radical (unpaired) electrons. The Morgan fingerprint density at radius 2 is 1.90 bits per heavy atom. The molecule has 6 heteroatoms. The fourth-order valence-corrected chi connectivity index (χ4v) is 3.78. The molecule has 0 saturated carbocycles. The van der Waals surface area contributed by atoms with E-state index in [1.165, 1.54) is 0 Å². The molecule has 0 bridgehead atoms. The van der Waals surface area contributed by atoms with Gasteiger partial charge in [0, 0.05) is 21.5 Å². The van der Waals surface area contributed by atoms with Crippen LogP contribution in [0.2, 0.25) is 0 Å². The van der Waals surface area contributed by atoms with Gasteiger partial charge in [0.15, 0.2) is 9.84 Å². The van der Waals surface area contributed by atoms with Gasteiger partial charge in [0.2, 0.25) is 0 Å². The number of fused-ring (bicyclic) bond motifs is 1. The fourth-order valence-electron chi connectivity index (χ4n) is 2.20. The Morgan fingerprint density at radius 1 is 1.14 bits per heavy atom. The van der Waals surface area contributed by atoms with Crippen LogP contribution in [0, 0.1) is 3.57 Å². The maximum absolute atomic E-state index is 12.2. The van der Waals surface area contributed by atoms with Crippen molar-refractivity contribution in [3.63, 3.8) is 0 Å². The van der Waals surface area contributed by atoms with Crippen molar-refractivity contribution in [2.45, 2.75) is 11.8 Å². The Morgan fingerprint density at radius 3 is 2.67 bits per heavy atom. The number of rotatable bonds is 3. The zero-order chi connectivity index (χ0) is 15.0. The second kappa shape index (κ2) is 5.42. The van der Waals surface area contributed by atoms with E-state index >= 15 is 0 Å². The number of pyridine rings is 1. The molecule has 0 saturated heterocycles. The molecule has 0 unspecified atom stereocenters. The molecular formula is C15H13IN2O2S. The van der Waals surface area contributed by atoms with Gasteiger partial charge in [0.1, 0.15) is 5.65 Å². The minimum absolute atomic E-state index is 0.0787. The van der Waals surface area contributed by atoms with Crippen LogP contribution < -0.4 is 0 Å². The highest BCUT2D eigenvalue weighted by molar-refractivity contribution is 14.1. The number of sulfone groups is 1. The first-order valence-electron chi connectivity index (χ1n) is 6.47. The Bertz CT molecular complexity index is 916. The van der Waals surface area contributed by atoms with E-state index < -0.39 is 9.84 Å². The van der Waals surface area contributed by atoms with Gasteiger partial charge in [0.25, 0.3) is 0 Å². The molecular weight excluding hydrogens is 399 g/mol. The zero-order valence-corrected chi connectivity index (χ0v) is 14.3. The third kappa shape index (κ3) is 2.69. The molecule has 0 amide bonds. The highest BCUT2D eigenvalue weighted by Gasteiger charge is 2.18. The van der Waals surface area contributed by atoms with Crippen LogP contribution in [-0.4, -0.2) is 23.6 Å². The van der Waals surface area contributed by atoms with Gasteiger partial charge in [-0.15, -0.1) is 0 Å². The molecule has 2 aromatic heterocycles. The van der Waals surface area contributed by atoms with Crippen LogP contribution in [0.4, 0.5) is 0 Å². The number of aromatic nitrogens is 2. The van der Waals surface area contributed by atoms with E-state index in [0.29, 0.717) is 16.2 Å². The molecule has 0 N–H and O–H groups in total. The summed E-state index contributed by atoms with van der Waals surface area (Å²) in [7, 11) is -3.27. The number of hydrogen-bond donors (Lipinski definition) is 0. The minimum atomic E-state index is -3.27. The van der Waals surface area contributed by atoms with Crippen LogP contribution >= 0.6 is 22.6 Å². The molecule has 21 heavy (non-hydrogen) atoms. The van der Waals surface area contributed by atoms with Crippen molar-refractivity contribution in [2.75, 3.05) is 5.75 Å². The number of benzene rings is 1.